The highest BCUT2D eigenvalue weighted by Crippen LogP contribution is 2.28. The fourth-order valence-electron chi connectivity index (χ4n) is 2.24. The summed E-state index contributed by atoms with van der Waals surface area (Å²) in [4.78, 5) is 0. The van der Waals surface area contributed by atoms with Gasteiger partial charge in [0.15, 0.2) is 0 Å². The van der Waals surface area contributed by atoms with Crippen LogP contribution in [0.4, 0.5) is 0 Å². The van der Waals surface area contributed by atoms with Crippen LogP contribution >= 0.6 is 0 Å². The van der Waals surface area contributed by atoms with Crippen LogP contribution in [-0.4, -0.2) is 34.6 Å². The molecule has 0 saturated heterocycles. The zero-order valence-corrected chi connectivity index (χ0v) is 14.6. The monoisotopic (exact) mass is 317 g/mol. The molecule has 0 amide bonds. The Labute approximate surface area is 138 Å². The topological polar surface area (TPSA) is 59.3 Å². The van der Waals surface area contributed by atoms with Crippen molar-refractivity contribution in [3.63, 3.8) is 0 Å². The third-order valence-corrected chi connectivity index (χ3v) is 3.74. The minimum absolute atomic E-state index is 0.0474. The van der Waals surface area contributed by atoms with E-state index in [-0.39, 0.29) is 18.2 Å². The lowest BCUT2D eigenvalue weighted by Gasteiger charge is -2.19. The molecular formula is C18H27N3O2. The Bertz CT molecular complexity index is 644. The van der Waals surface area contributed by atoms with Gasteiger partial charge in [-0.2, -0.15) is 5.10 Å². The summed E-state index contributed by atoms with van der Waals surface area (Å²) in [6.45, 7) is 9.11. The summed E-state index contributed by atoms with van der Waals surface area (Å²) in [5, 5.41) is 17.3. The third-order valence-electron chi connectivity index (χ3n) is 3.74. The van der Waals surface area contributed by atoms with Crippen molar-refractivity contribution in [3.05, 3.63) is 36.0 Å². The van der Waals surface area contributed by atoms with E-state index in [1.807, 2.05) is 35.9 Å². The van der Waals surface area contributed by atoms with Crippen molar-refractivity contribution in [2.75, 3.05) is 13.7 Å². The summed E-state index contributed by atoms with van der Waals surface area (Å²) in [6, 6.07) is 7.98. The Balaban J connectivity index is 2.40. The fraction of sp³-hybridized carbons (Fsp3) is 0.500. The molecule has 1 unspecified atom stereocenters. The quantitative estimate of drug-likeness (QED) is 0.860. The van der Waals surface area contributed by atoms with Crippen LogP contribution in [0.15, 0.2) is 30.5 Å². The van der Waals surface area contributed by atoms with Crippen molar-refractivity contribution >= 4 is 0 Å². The molecule has 23 heavy (non-hydrogen) atoms. The second kappa shape index (κ2) is 7.15. The van der Waals surface area contributed by atoms with E-state index in [2.05, 4.69) is 32.3 Å². The zero-order chi connectivity index (χ0) is 17.0. The van der Waals surface area contributed by atoms with E-state index >= 15 is 0 Å². The number of methoxy groups -OCH3 is 1. The highest BCUT2D eigenvalue weighted by Gasteiger charge is 2.19. The summed E-state index contributed by atoms with van der Waals surface area (Å²) >= 11 is 0. The molecule has 1 atom stereocenters. The van der Waals surface area contributed by atoms with Crippen LogP contribution < -0.4 is 10.1 Å². The first-order valence-electron chi connectivity index (χ1n) is 7.93. The molecule has 5 nitrogen and oxygen atoms in total. The minimum atomic E-state index is -0.0888. The van der Waals surface area contributed by atoms with Gasteiger partial charge in [-0.3, -0.25) is 4.68 Å². The highest BCUT2D eigenvalue weighted by atomic mass is 16.5. The first-order valence-corrected chi connectivity index (χ1v) is 7.93. The third kappa shape index (κ3) is 4.33. The molecule has 2 aromatic rings. The zero-order valence-electron chi connectivity index (χ0n) is 14.6. The highest BCUT2D eigenvalue weighted by molar-refractivity contribution is 5.64. The van der Waals surface area contributed by atoms with E-state index in [0.717, 1.165) is 22.6 Å². The van der Waals surface area contributed by atoms with E-state index in [1.54, 1.807) is 7.11 Å². The molecule has 126 valence electrons. The predicted octanol–water partition coefficient (Wildman–Crippen LogP) is 2.78. The van der Waals surface area contributed by atoms with E-state index in [9.17, 15) is 5.11 Å². The van der Waals surface area contributed by atoms with Crippen molar-refractivity contribution in [2.24, 2.45) is 0 Å². The van der Waals surface area contributed by atoms with Crippen molar-refractivity contribution in [2.45, 2.75) is 45.8 Å². The average Bonchev–Trinajstić information content (AvgIpc) is 2.97. The Hall–Kier alpha value is -1.85. The van der Waals surface area contributed by atoms with Gasteiger partial charge < -0.3 is 15.2 Å². The SMILES string of the molecule is COc1cccc(-c2nn(C(C)(C)C)cc2CNC(C)CO)c1. The van der Waals surface area contributed by atoms with Gasteiger partial charge in [-0.1, -0.05) is 12.1 Å². The van der Waals surface area contributed by atoms with E-state index in [4.69, 9.17) is 9.84 Å². The van der Waals surface area contributed by atoms with Crippen LogP contribution in [0.1, 0.15) is 33.3 Å². The number of hydrogen-bond acceptors (Lipinski definition) is 4. The minimum Gasteiger partial charge on any atom is -0.497 e. The number of ether oxygens (including phenoxy) is 1. The maximum Gasteiger partial charge on any atom is 0.119 e. The summed E-state index contributed by atoms with van der Waals surface area (Å²) in [7, 11) is 1.66. The maximum absolute atomic E-state index is 9.20. The molecule has 1 aromatic carbocycles. The van der Waals surface area contributed by atoms with E-state index in [1.165, 1.54) is 0 Å². The summed E-state index contributed by atoms with van der Waals surface area (Å²) in [5.74, 6) is 0.815. The first kappa shape index (κ1) is 17.5. The van der Waals surface area contributed by atoms with Crippen molar-refractivity contribution in [1.82, 2.24) is 15.1 Å². The largest absolute Gasteiger partial charge is 0.497 e. The number of hydrogen-bond donors (Lipinski definition) is 2. The summed E-state index contributed by atoms with van der Waals surface area (Å²) in [6.07, 6.45) is 2.08. The standard InChI is InChI=1S/C18H27N3O2/c1-13(12-22)19-10-15-11-21(18(2,3)4)20-17(15)14-7-6-8-16(9-14)23-5/h6-9,11,13,19,22H,10,12H2,1-5H3. The second-order valence-corrected chi connectivity index (χ2v) is 6.81. The molecule has 1 heterocycles. The van der Waals surface area contributed by atoms with Gasteiger partial charge in [0.25, 0.3) is 0 Å². The van der Waals surface area contributed by atoms with Crippen molar-refractivity contribution in [1.29, 1.82) is 0 Å². The molecule has 0 bridgehead atoms. The molecule has 0 aliphatic carbocycles. The molecule has 0 aliphatic rings. The number of aliphatic hydroxyl groups excluding tert-OH is 1. The van der Waals surface area contributed by atoms with Gasteiger partial charge in [-0.25, -0.2) is 0 Å². The lowest BCUT2D eigenvalue weighted by molar-refractivity contribution is 0.251. The Morgan fingerprint density at radius 2 is 2.09 bits per heavy atom. The maximum atomic E-state index is 9.20. The molecule has 0 fully saturated rings. The predicted molar refractivity (Wildman–Crippen MR) is 92.6 cm³/mol. The number of benzene rings is 1. The van der Waals surface area contributed by atoms with Crippen LogP contribution in [0.3, 0.4) is 0 Å². The molecule has 1 aromatic heterocycles. The van der Waals surface area contributed by atoms with Gasteiger partial charge in [0.05, 0.1) is 24.9 Å². The number of nitrogens with one attached hydrogen (secondary N) is 1. The van der Waals surface area contributed by atoms with E-state index in [0.29, 0.717) is 6.54 Å². The Morgan fingerprint density at radius 3 is 2.70 bits per heavy atom. The van der Waals surface area contributed by atoms with Crippen LogP contribution in [0.2, 0.25) is 0 Å². The second-order valence-electron chi connectivity index (χ2n) is 6.81. The molecule has 0 saturated carbocycles. The first-order chi connectivity index (χ1) is 10.8. The van der Waals surface area contributed by atoms with Gasteiger partial charge in [-0.15, -0.1) is 0 Å². The summed E-state index contributed by atoms with van der Waals surface area (Å²) in [5.41, 5.74) is 2.99. The number of aliphatic hydroxyl groups is 1. The van der Waals surface area contributed by atoms with Crippen LogP contribution in [-0.2, 0) is 12.1 Å². The number of rotatable bonds is 6. The molecule has 0 spiro atoms. The number of nitrogens with zero attached hydrogens (tertiary/aromatic N) is 2. The van der Waals surface area contributed by atoms with Crippen LogP contribution in [0.5, 0.6) is 5.75 Å². The summed E-state index contributed by atoms with van der Waals surface area (Å²) < 4.78 is 7.31. The molecule has 0 radical (unpaired) electrons. The van der Waals surface area contributed by atoms with Gasteiger partial charge in [-0.05, 0) is 39.8 Å². The Morgan fingerprint density at radius 1 is 1.35 bits per heavy atom. The normalized spacial score (nSPS) is 13.1. The molecule has 2 N–H and O–H groups in total. The molecule has 5 heteroatoms. The van der Waals surface area contributed by atoms with Gasteiger partial charge in [0.1, 0.15) is 5.75 Å². The smallest absolute Gasteiger partial charge is 0.119 e. The van der Waals surface area contributed by atoms with Crippen LogP contribution in [0, 0.1) is 0 Å². The molecule has 2 rings (SSSR count). The average molecular weight is 317 g/mol. The van der Waals surface area contributed by atoms with Crippen molar-refractivity contribution in [3.8, 4) is 17.0 Å². The Kier molecular flexibility index (Phi) is 5.44. The fourth-order valence-corrected chi connectivity index (χ4v) is 2.24. The lowest BCUT2D eigenvalue weighted by Crippen LogP contribution is -2.28. The van der Waals surface area contributed by atoms with Gasteiger partial charge in [0, 0.05) is 29.9 Å². The van der Waals surface area contributed by atoms with Crippen LogP contribution in [0.25, 0.3) is 11.3 Å². The molecule has 0 aliphatic heterocycles. The lowest BCUT2D eigenvalue weighted by atomic mass is 10.1. The molecular weight excluding hydrogens is 290 g/mol. The van der Waals surface area contributed by atoms with Crippen molar-refractivity contribution < 1.29 is 9.84 Å². The number of aromatic nitrogens is 2. The van der Waals surface area contributed by atoms with Gasteiger partial charge in [0.2, 0.25) is 0 Å². The van der Waals surface area contributed by atoms with Gasteiger partial charge >= 0.3 is 0 Å². The van der Waals surface area contributed by atoms with E-state index < -0.39 is 0 Å².